The van der Waals surface area contributed by atoms with E-state index in [1.807, 2.05) is 0 Å². The van der Waals surface area contributed by atoms with Crippen LogP contribution in [0.25, 0.3) is 11.3 Å². The predicted octanol–water partition coefficient (Wildman–Crippen LogP) is 5.15. The Morgan fingerprint density at radius 3 is 2.46 bits per heavy atom. The van der Waals surface area contributed by atoms with Crippen LogP contribution < -0.4 is 5.56 Å². The number of allylic oxidation sites excluding steroid dienone is 2. The van der Waals surface area contributed by atoms with Gasteiger partial charge in [0.25, 0.3) is 5.56 Å². The molecule has 0 saturated carbocycles. The number of aliphatic carboxylic acids is 1. The molecule has 0 saturated heterocycles. The van der Waals surface area contributed by atoms with Crippen molar-refractivity contribution in [1.82, 2.24) is 9.78 Å². The Labute approximate surface area is 196 Å². The van der Waals surface area contributed by atoms with Crippen molar-refractivity contribution in [3.8, 4) is 11.4 Å². The second-order valence-corrected chi connectivity index (χ2v) is 7.94. The summed E-state index contributed by atoms with van der Waals surface area (Å²) >= 11 is 0. The number of benzene rings is 2. The second-order valence-electron chi connectivity index (χ2n) is 7.94. The van der Waals surface area contributed by atoms with Gasteiger partial charge in [-0.15, -0.1) is 5.11 Å². The van der Waals surface area contributed by atoms with Crippen molar-refractivity contribution >= 4 is 17.2 Å². The number of H-pyrrole nitrogens is 1. The Morgan fingerprint density at radius 2 is 1.83 bits per heavy atom. The fourth-order valence-electron chi connectivity index (χ4n) is 3.70. The van der Waals surface area contributed by atoms with Crippen LogP contribution >= 0.6 is 0 Å². The molecule has 2 aromatic carbocycles. The van der Waals surface area contributed by atoms with Crippen LogP contribution in [0.5, 0.6) is 5.75 Å². The summed E-state index contributed by atoms with van der Waals surface area (Å²) < 4.78 is 39.5. The van der Waals surface area contributed by atoms with Crippen molar-refractivity contribution in [2.24, 2.45) is 10.2 Å². The third-order valence-electron chi connectivity index (χ3n) is 5.57. The molecule has 3 N–H and O–H groups in total. The molecule has 4 rings (SSSR count). The minimum atomic E-state index is -4.52. The van der Waals surface area contributed by atoms with E-state index >= 15 is 0 Å². The van der Waals surface area contributed by atoms with E-state index < -0.39 is 28.8 Å². The van der Waals surface area contributed by atoms with E-state index in [9.17, 15) is 33.0 Å². The first kappa shape index (κ1) is 23.7. The molecule has 0 spiro atoms. The van der Waals surface area contributed by atoms with Crippen LogP contribution in [0.4, 0.5) is 18.9 Å². The van der Waals surface area contributed by atoms with E-state index in [1.165, 1.54) is 25.1 Å². The van der Waals surface area contributed by atoms with Crippen molar-refractivity contribution in [3.63, 3.8) is 0 Å². The molecule has 35 heavy (non-hydrogen) atoms. The van der Waals surface area contributed by atoms with Gasteiger partial charge in [0.2, 0.25) is 5.54 Å². The van der Waals surface area contributed by atoms with Gasteiger partial charge in [-0.1, -0.05) is 30.4 Å². The zero-order valence-electron chi connectivity index (χ0n) is 18.2. The standard InChI is InChI=1S/C24H19F3N4O4/c1-14-20(21(33)31(29-14)17-10-8-16(9-11-17)24(25,26)27)28-30-23(22(34)35)12-4-5-15(13-23)18-6-2-3-7-19(18)32/h2-12,29,32H,13H2,1H3,(H,34,35). The van der Waals surface area contributed by atoms with Crippen molar-refractivity contribution in [3.05, 3.63) is 93.9 Å². The summed E-state index contributed by atoms with van der Waals surface area (Å²) in [5, 5.41) is 30.7. The number of carboxylic acid groups (broad SMARTS) is 1. The van der Waals surface area contributed by atoms with E-state index in [4.69, 9.17) is 0 Å². The number of nitrogens with one attached hydrogen (secondary N) is 1. The first-order valence-corrected chi connectivity index (χ1v) is 10.3. The topological polar surface area (TPSA) is 120 Å². The highest BCUT2D eigenvalue weighted by Crippen LogP contribution is 2.37. The molecule has 1 unspecified atom stereocenters. The zero-order chi connectivity index (χ0) is 25.4. The van der Waals surface area contributed by atoms with Gasteiger partial charge in [-0.2, -0.15) is 18.3 Å². The van der Waals surface area contributed by atoms with Gasteiger partial charge in [0, 0.05) is 12.0 Å². The molecule has 0 fully saturated rings. The number of phenols is 1. The molecule has 180 valence electrons. The summed E-state index contributed by atoms with van der Waals surface area (Å²) in [5.41, 5.74) is -2.24. The Balaban J connectivity index is 1.67. The van der Waals surface area contributed by atoms with E-state index in [1.54, 1.807) is 24.3 Å². The molecule has 0 radical (unpaired) electrons. The molecule has 1 aliphatic carbocycles. The Hall–Kier alpha value is -4.41. The fourth-order valence-corrected chi connectivity index (χ4v) is 3.70. The zero-order valence-corrected chi connectivity index (χ0v) is 18.2. The highest BCUT2D eigenvalue weighted by molar-refractivity contribution is 5.88. The van der Waals surface area contributed by atoms with Gasteiger partial charge in [-0.3, -0.25) is 9.89 Å². The SMILES string of the molecule is Cc1[nH]n(-c2ccc(C(F)(F)F)cc2)c(=O)c1N=NC1(C(=O)O)C=CC=C(c2ccccc2O)C1. The molecule has 1 aromatic heterocycles. The number of nitrogens with zero attached hydrogens (tertiary/aromatic N) is 3. The first-order chi connectivity index (χ1) is 16.5. The number of aromatic nitrogens is 2. The van der Waals surface area contributed by atoms with Crippen LogP contribution in [-0.2, 0) is 11.0 Å². The lowest BCUT2D eigenvalue weighted by atomic mass is 9.84. The minimum Gasteiger partial charge on any atom is -0.507 e. The summed E-state index contributed by atoms with van der Waals surface area (Å²) in [6.07, 6.45) is -0.167. The van der Waals surface area contributed by atoms with Crippen molar-refractivity contribution in [1.29, 1.82) is 0 Å². The van der Waals surface area contributed by atoms with E-state index in [0.29, 0.717) is 11.1 Å². The van der Waals surface area contributed by atoms with E-state index in [0.717, 1.165) is 28.9 Å². The molecule has 8 nitrogen and oxygen atoms in total. The summed E-state index contributed by atoms with van der Waals surface area (Å²) in [7, 11) is 0. The van der Waals surface area contributed by atoms with Gasteiger partial charge in [0.05, 0.1) is 16.9 Å². The molecule has 1 heterocycles. The Bertz CT molecular complexity index is 1430. The second kappa shape index (κ2) is 8.75. The van der Waals surface area contributed by atoms with Crippen LogP contribution in [-0.4, -0.2) is 31.5 Å². The highest BCUT2D eigenvalue weighted by Gasteiger charge is 2.39. The number of aromatic hydroxyl groups is 1. The number of carbonyl (C=O) groups is 1. The number of hydrogen-bond donors (Lipinski definition) is 3. The molecule has 1 atom stereocenters. The highest BCUT2D eigenvalue weighted by atomic mass is 19.4. The molecule has 11 heteroatoms. The summed E-state index contributed by atoms with van der Waals surface area (Å²) in [6, 6.07) is 10.4. The Kier molecular flexibility index (Phi) is 5.93. The normalized spacial score (nSPS) is 18.1. The fraction of sp³-hybridized carbons (Fsp3) is 0.167. The number of aryl methyl sites for hydroxylation is 1. The van der Waals surface area contributed by atoms with Crippen LogP contribution in [0.1, 0.15) is 23.2 Å². The van der Waals surface area contributed by atoms with Crippen molar-refractivity contribution in [2.45, 2.75) is 25.1 Å². The number of hydrogen-bond acceptors (Lipinski definition) is 5. The maximum atomic E-state index is 12.9. The molecule has 0 amide bonds. The number of phenolic OH excluding ortho intramolecular Hbond substituents is 1. The lowest BCUT2D eigenvalue weighted by Crippen LogP contribution is -2.35. The lowest BCUT2D eigenvalue weighted by Gasteiger charge is -2.24. The van der Waals surface area contributed by atoms with E-state index in [-0.39, 0.29) is 29.2 Å². The molecular formula is C24H19F3N4O4. The van der Waals surface area contributed by atoms with Gasteiger partial charge in [0.1, 0.15) is 5.75 Å². The molecule has 0 bridgehead atoms. The third kappa shape index (κ3) is 4.52. The molecular weight excluding hydrogens is 465 g/mol. The van der Waals surface area contributed by atoms with Gasteiger partial charge in [0.15, 0.2) is 5.69 Å². The number of halogens is 3. The van der Waals surface area contributed by atoms with Gasteiger partial charge >= 0.3 is 12.1 Å². The van der Waals surface area contributed by atoms with Crippen LogP contribution in [0.15, 0.2) is 81.8 Å². The maximum absolute atomic E-state index is 12.9. The number of azo groups is 1. The van der Waals surface area contributed by atoms with Crippen LogP contribution in [0, 0.1) is 6.92 Å². The van der Waals surface area contributed by atoms with Gasteiger partial charge in [-0.25, -0.2) is 9.48 Å². The molecule has 0 aliphatic heterocycles. The quantitative estimate of drug-likeness (QED) is 0.434. The number of alkyl halides is 3. The number of aromatic amines is 1. The van der Waals surface area contributed by atoms with Gasteiger partial charge < -0.3 is 10.2 Å². The first-order valence-electron chi connectivity index (χ1n) is 10.3. The van der Waals surface area contributed by atoms with Crippen molar-refractivity contribution in [2.75, 3.05) is 0 Å². The van der Waals surface area contributed by atoms with Crippen molar-refractivity contribution < 1.29 is 28.2 Å². The molecule has 1 aliphatic rings. The minimum absolute atomic E-state index is 0.0221. The maximum Gasteiger partial charge on any atom is 0.416 e. The van der Waals surface area contributed by atoms with Crippen LogP contribution in [0.2, 0.25) is 0 Å². The summed E-state index contributed by atoms with van der Waals surface area (Å²) in [6.45, 7) is 1.51. The third-order valence-corrected chi connectivity index (χ3v) is 5.57. The number of rotatable bonds is 5. The summed E-state index contributed by atoms with van der Waals surface area (Å²) in [5.74, 6) is -1.33. The monoisotopic (exact) mass is 484 g/mol. The average molecular weight is 484 g/mol. The van der Waals surface area contributed by atoms with Crippen LogP contribution in [0.3, 0.4) is 0 Å². The predicted molar refractivity (Wildman–Crippen MR) is 121 cm³/mol. The van der Waals surface area contributed by atoms with Gasteiger partial charge in [-0.05, 0) is 48.9 Å². The lowest BCUT2D eigenvalue weighted by molar-refractivity contribution is -0.141. The smallest absolute Gasteiger partial charge is 0.416 e. The largest absolute Gasteiger partial charge is 0.507 e. The average Bonchev–Trinajstić information content (AvgIpc) is 3.10. The number of carboxylic acids is 1. The molecule has 3 aromatic rings. The van der Waals surface area contributed by atoms with E-state index in [2.05, 4.69) is 15.3 Å². The Morgan fingerprint density at radius 1 is 1.14 bits per heavy atom. The summed E-state index contributed by atoms with van der Waals surface area (Å²) in [4.78, 5) is 25.1. The number of para-hydroxylation sites is 1.